The van der Waals surface area contributed by atoms with Gasteiger partial charge in [0.05, 0.1) is 11.6 Å². The number of aryl methyl sites for hydroxylation is 1. The molecule has 0 unspecified atom stereocenters. The Morgan fingerprint density at radius 2 is 2.10 bits per heavy atom. The molecule has 3 rings (SSSR count). The smallest absolute Gasteiger partial charge is 0.251 e. The summed E-state index contributed by atoms with van der Waals surface area (Å²) in [6, 6.07) is 5.25. The largest absolute Gasteiger partial charge is 0.489 e. The summed E-state index contributed by atoms with van der Waals surface area (Å²) in [4.78, 5) is 21.2. The number of benzene rings is 1. The molecule has 0 atom stereocenters. The van der Waals surface area contributed by atoms with Crippen LogP contribution in [0.25, 0.3) is 0 Å². The van der Waals surface area contributed by atoms with E-state index in [1.165, 1.54) is 0 Å². The van der Waals surface area contributed by atoms with Crippen LogP contribution in [0.4, 0.5) is 0 Å². The highest BCUT2D eigenvalue weighted by Crippen LogP contribution is 2.28. The van der Waals surface area contributed by atoms with Crippen LogP contribution in [0.2, 0.25) is 5.02 Å². The number of hydrogen-bond donors (Lipinski definition) is 1. The average Bonchev–Trinajstić information content (AvgIpc) is 3.17. The molecule has 0 radical (unpaired) electrons. The minimum absolute atomic E-state index is 0.121. The van der Waals surface area contributed by atoms with Crippen molar-refractivity contribution in [2.45, 2.75) is 39.0 Å². The van der Waals surface area contributed by atoms with Gasteiger partial charge in [0.2, 0.25) is 0 Å². The SMILES string of the molecule is CCn1ccnc1CN1CCC(Oc2ccc(C(=O)NCCN(C)C)cc2Cl)CC1. The number of piperidine rings is 1. The van der Waals surface area contributed by atoms with Crippen molar-refractivity contribution in [2.75, 3.05) is 40.3 Å². The molecule has 2 heterocycles. The van der Waals surface area contributed by atoms with E-state index in [9.17, 15) is 4.79 Å². The number of carbonyl (C=O) groups is 1. The number of aromatic nitrogens is 2. The van der Waals surface area contributed by atoms with Gasteiger partial charge in [-0.3, -0.25) is 9.69 Å². The highest BCUT2D eigenvalue weighted by atomic mass is 35.5. The summed E-state index contributed by atoms with van der Waals surface area (Å²) in [5, 5.41) is 3.37. The van der Waals surface area contributed by atoms with Crippen LogP contribution in [-0.2, 0) is 13.1 Å². The quantitative estimate of drug-likeness (QED) is 0.658. The van der Waals surface area contributed by atoms with E-state index in [-0.39, 0.29) is 12.0 Å². The van der Waals surface area contributed by atoms with Gasteiger partial charge >= 0.3 is 0 Å². The highest BCUT2D eigenvalue weighted by molar-refractivity contribution is 6.32. The van der Waals surface area contributed by atoms with Gasteiger partial charge in [-0.25, -0.2) is 4.98 Å². The summed E-state index contributed by atoms with van der Waals surface area (Å²) in [7, 11) is 3.94. The third-order valence-electron chi connectivity index (χ3n) is 5.37. The van der Waals surface area contributed by atoms with E-state index < -0.39 is 0 Å². The summed E-state index contributed by atoms with van der Waals surface area (Å²) in [5.41, 5.74) is 0.548. The first-order chi connectivity index (χ1) is 14.5. The van der Waals surface area contributed by atoms with E-state index in [0.717, 1.165) is 51.4 Å². The molecule has 1 aromatic heterocycles. The second-order valence-electron chi connectivity index (χ2n) is 7.93. The number of imidazole rings is 1. The predicted molar refractivity (Wildman–Crippen MR) is 119 cm³/mol. The lowest BCUT2D eigenvalue weighted by atomic mass is 10.1. The van der Waals surface area contributed by atoms with Crippen LogP contribution in [-0.4, -0.2) is 71.6 Å². The Labute approximate surface area is 184 Å². The lowest BCUT2D eigenvalue weighted by Gasteiger charge is -2.32. The number of amides is 1. The van der Waals surface area contributed by atoms with E-state index in [1.807, 2.05) is 31.4 Å². The summed E-state index contributed by atoms with van der Waals surface area (Å²) in [6.07, 6.45) is 5.90. The number of ether oxygens (including phenoxy) is 1. The molecule has 1 aromatic carbocycles. The van der Waals surface area contributed by atoms with Gasteiger partial charge in [-0.1, -0.05) is 11.6 Å². The normalized spacial score (nSPS) is 15.5. The number of likely N-dealkylation sites (tertiary alicyclic amines) is 1. The maximum atomic E-state index is 12.3. The molecular weight excluding hydrogens is 402 g/mol. The van der Waals surface area contributed by atoms with Crippen LogP contribution in [0.15, 0.2) is 30.6 Å². The van der Waals surface area contributed by atoms with Crippen molar-refractivity contribution in [3.8, 4) is 5.75 Å². The van der Waals surface area contributed by atoms with Crippen LogP contribution in [0.3, 0.4) is 0 Å². The molecule has 8 heteroatoms. The van der Waals surface area contributed by atoms with E-state index in [4.69, 9.17) is 16.3 Å². The van der Waals surface area contributed by atoms with Crippen LogP contribution in [0.1, 0.15) is 35.9 Å². The Hall–Kier alpha value is -2.09. The minimum Gasteiger partial charge on any atom is -0.489 e. The monoisotopic (exact) mass is 433 g/mol. The Morgan fingerprint density at radius 3 is 2.77 bits per heavy atom. The molecule has 1 fully saturated rings. The zero-order valence-electron chi connectivity index (χ0n) is 18.1. The molecule has 0 saturated carbocycles. The Balaban J connectivity index is 1.48. The first-order valence-electron chi connectivity index (χ1n) is 10.6. The summed E-state index contributed by atoms with van der Waals surface area (Å²) in [5.74, 6) is 1.63. The number of halogens is 1. The lowest BCUT2D eigenvalue weighted by molar-refractivity contribution is 0.0942. The van der Waals surface area contributed by atoms with Crippen LogP contribution < -0.4 is 10.1 Å². The van der Waals surface area contributed by atoms with Crippen molar-refractivity contribution in [1.29, 1.82) is 0 Å². The standard InChI is InChI=1S/C22H32ClN5O2/c1-4-28-14-10-24-21(28)16-27-11-7-18(8-12-27)30-20-6-5-17(15-19(20)23)22(29)25-9-13-26(2)3/h5-6,10,14-15,18H,4,7-9,11-13,16H2,1-3H3,(H,25,29). The third kappa shape index (κ3) is 6.20. The van der Waals surface area contributed by atoms with E-state index in [1.54, 1.807) is 18.2 Å². The molecule has 0 aliphatic carbocycles. The fourth-order valence-electron chi connectivity index (χ4n) is 3.58. The van der Waals surface area contributed by atoms with Crippen LogP contribution in [0, 0.1) is 0 Å². The Bertz CT molecular complexity index is 831. The maximum absolute atomic E-state index is 12.3. The highest BCUT2D eigenvalue weighted by Gasteiger charge is 2.22. The van der Waals surface area contributed by atoms with Crippen molar-refractivity contribution < 1.29 is 9.53 Å². The Kier molecular flexibility index (Phi) is 8.13. The van der Waals surface area contributed by atoms with Gasteiger partial charge in [-0.15, -0.1) is 0 Å². The van der Waals surface area contributed by atoms with Crippen LogP contribution in [0.5, 0.6) is 5.75 Å². The second kappa shape index (κ2) is 10.8. The first kappa shape index (κ1) is 22.6. The summed E-state index contributed by atoms with van der Waals surface area (Å²) >= 11 is 6.40. The first-order valence-corrected chi connectivity index (χ1v) is 11.0. The number of nitrogens with zero attached hydrogens (tertiary/aromatic N) is 4. The van der Waals surface area contributed by atoms with Crippen molar-refractivity contribution in [3.05, 3.63) is 47.0 Å². The number of likely N-dealkylation sites (N-methyl/N-ethyl adjacent to an activating group) is 1. The predicted octanol–water partition coefficient (Wildman–Crippen LogP) is 2.89. The molecule has 1 saturated heterocycles. The van der Waals surface area contributed by atoms with E-state index in [2.05, 4.69) is 26.7 Å². The third-order valence-corrected chi connectivity index (χ3v) is 5.67. The van der Waals surface area contributed by atoms with Crippen molar-refractivity contribution in [2.24, 2.45) is 0 Å². The molecule has 1 amide bonds. The van der Waals surface area contributed by atoms with Crippen LogP contribution >= 0.6 is 11.6 Å². The van der Waals surface area contributed by atoms with Gasteiger partial charge in [0.25, 0.3) is 5.91 Å². The lowest BCUT2D eigenvalue weighted by Crippen LogP contribution is -2.38. The van der Waals surface area contributed by atoms with Gasteiger partial charge in [0.1, 0.15) is 17.7 Å². The number of carbonyl (C=O) groups excluding carboxylic acids is 1. The molecule has 1 aliphatic heterocycles. The van der Waals surface area contributed by atoms with Gasteiger partial charge in [0, 0.05) is 50.7 Å². The van der Waals surface area contributed by atoms with Gasteiger partial charge in [-0.2, -0.15) is 0 Å². The van der Waals surface area contributed by atoms with Gasteiger partial charge in [-0.05, 0) is 52.1 Å². The zero-order valence-corrected chi connectivity index (χ0v) is 18.9. The fourth-order valence-corrected chi connectivity index (χ4v) is 3.80. The molecule has 30 heavy (non-hydrogen) atoms. The molecule has 164 valence electrons. The number of rotatable bonds is 9. The second-order valence-corrected chi connectivity index (χ2v) is 8.33. The molecule has 7 nitrogen and oxygen atoms in total. The zero-order chi connectivity index (χ0) is 21.5. The maximum Gasteiger partial charge on any atom is 0.251 e. The minimum atomic E-state index is -0.121. The Morgan fingerprint density at radius 1 is 1.33 bits per heavy atom. The van der Waals surface area contributed by atoms with Gasteiger partial charge in [0.15, 0.2) is 0 Å². The molecule has 0 spiro atoms. The number of nitrogens with one attached hydrogen (secondary N) is 1. The van der Waals surface area contributed by atoms with E-state index >= 15 is 0 Å². The van der Waals surface area contributed by atoms with Gasteiger partial charge < -0.3 is 19.5 Å². The topological polar surface area (TPSA) is 62.6 Å². The van der Waals surface area contributed by atoms with Crippen molar-refractivity contribution in [3.63, 3.8) is 0 Å². The fraction of sp³-hybridized carbons (Fsp3) is 0.545. The van der Waals surface area contributed by atoms with Crippen molar-refractivity contribution in [1.82, 2.24) is 24.7 Å². The molecular formula is C22H32ClN5O2. The molecule has 1 aliphatic rings. The average molecular weight is 434 g/mol. The summed E-state index contributed by atoms with van der Waals surface area (Å²) < 4.78 is 8.33. The van der Waals surface area contributed by atoms with Crippen molar-refractivity contribution >= 4 is 17.5 Å². The molecule has 2 aromatic rings. The van der Waals surface area contributed by atoms with E-state index in [0.29, 0.717) is 22.9 Å². The summed E-state index contributed by atoms with van der Waals surface area (Å²) in [6.45, 7) is 7.26. The number of hydrogen-bond acceptors (Lipinski definition) is 5. The molecule has 1 N–H and O–H groups in total. The molecule has 0 bridgehead atoms.